The van der Waals surface area contributed by atoms with E-state index in [4.69, 9.17) is 0 Å². The molecule has 1 saturated heterocycles. The summed E-state index contributed by atoms with van der Waals surface area (Å²) < 4.78 is 31.9. The summed E-state index contributed by atoms with van der Waals surface area (Å²) in [4.78, 5) is 65.7. The summed E-state index contributed by atoms with van der Waals surface area (Å²) in [5.41, 5.74) is -0.708. The van der Waals surface area contributed by atoms with E-state index < -0.39 is 71.9 Å². The van der Waals surface area contributed by atoms with Gasteiger partial charge in [0.05, 0.1) is 13.2 Å². The van der Waals surface area contributed by atoms with Crippen molar-refractivity contribution in [1.29, 1.82) is 0 Å². The molecule has 5 atom stereocenters. The summed E-state index contributed by atoms with van der Waals surface area (Å²) in [5.74, 6) is -6.21. The van der Waals surface area contributed by atoms with Crippen LogP contribution in [0.1, 0.15) is 66.2 Å². The average molecular weight is 529 g/mol. The van der Waals surface area contributed by atoms with Gasteiger partial charge in [-0.25, -0.2) is 13.6 Å². The molecular formula is C25H38F2N4O6. The Morgan fingerprint density at radius 1 is 1.00 bits per heavy atom. The number of carbonyl (C=O) groups is 5. The molecule has 10 nitrogen and oxygen atoms in total. The van der Waals surface area contributed by atoms with Crippen molar-refractivity contribution in [2.24, 2.45) is 17.3 Å². The number of hydrogen-bond acceptors (Lipinski definition) is 6. The molecule has 12 heteroatoms. The van der Waals surface area contributed by atoms with E-state index in [1.165, 1.54) is 12.0 Å². The Kier molecular flexibility index (Phi) is 8.48. The zero-order chi connectivity index (χ0) is 27.7. The summed E-state index contributed by atoms with van der Waals surface area (Å²) in [6, 6.07) is -3.50. The molecule has 0 radical (unpaired) electrons. The topological polar surface area (TPSA) is 134 Å². The molecule has 3 fully saturated rings. The second kappa shape index (κ2) is 10.9. The Labute approximate surface area is 215 Å². The van der Waals surface area contributed by atoms with Gasteiger partial charge in [0.2, 0.25) is 23.5 Å². The summed E-state index contributed by atoms with van der Waals surface area (Å²) >= 11 is 0. The first kappa shape index (κ1) is 28.8. The van der Waals surface area contributed by atoms with Crippen molar-refractivity contribution in [2.75, 3.05) is 13.7 Å². The van der Waals surface area contributed by atoms with Gasteiger partial charge >= 0.3 is 6.09 Å². The molecule has 0 bridgehead atoms. The molecule has 1 aliphatic heterocycles. The standard InChI is InChI=1S/C25H38F2N4O6/c1-24(2,3)19(30-23(36)37-5)22(35)31-12-13-6-9-15(13)17(31)20(33)29-16(10-11-25(4,26)27)18(32)21(34)28-14-7-8-14/h13-17,19H,6-12H2,1-5H3,(H,28,34)(H,29,33)(H,30,36)/t13-,15-,16+,17-,19-/m1/s1. The van der Waals surface area contributed by atoms with E-state index in [0.29, 0.717) is 19.9 Å². The summed E-state index contributed by atoms with van der Waals surface area (Å²) in [6.07, 6.45) is 1.07. The molecule has 3 aliphatic rings. The number of Topliss-reactive ketones (excluding diaryl/α,β-unsaturated/α-hetero) is 1. The van der Waals surface area contributed by atoms with Crippen molar-refractivity contribution in [3.8, 4) is 0 Å². The molecule has 37 heavy (non-hydrogen) atoms. The highest BCUT2D eigenvalue weighted by Crippen LogP contribution is 2.45. The van der Waals surface area contributed by atoms with E-state index in [1.54, 1.807) is 20.8 Å². The van der Waals surface area contributed by atoms with Gasteiger partial charge in [-0.1, -0.05) is 20.8 Å². The molecule has 0 aromatic heterocycles. The third kappa shape index (κ3) is 7.16. The molecule has 0 spiro atoms. The molecule has 4 amide bonds. The monoisotopic (exact) mass is 528 g/mol. The number of ketones is 1. The first-order valence-corrected chi connectivity index (χ1v) is 12.8. The normalized spacial score (nSPS) is 24.7. The van der Waals surface area contributed by atoms with Crippen molar-refractivity contribution in [3.05, 3.63) is 0 Å². The van der Waals surface area contributed by atoms with Crippen LogP contribution in [0, 0.1) is 17.3 Å². The molecule has 0 aromatic rings. The maximum Gasteiger partial charge on any atom is 0.407 e. The van der Waals surface area contributed by atoms with Gasteiger partial charge in [-0.2, -0.15) is 0 Å². The minimum absolute atomic E-state index is 0.0748. The Balaban J connectivity index is 1.80. The lowest BCUT2D eigenvalue weighted by Crippen LogP contribution is -2.60. The first-order chi connectivity index (χ1) is 17.1. The second-order valence-corrected chi connectivity index (χ2v) is 11.7. The molecule has 2 aliphatic carbocycles. The lowest BCUT2D eigenvalue weighted by atomic mass is 9.73. The van der Waals surface area contributed by atoms with Crippen LogP contribution in [-0.4, -0.2) is 78.2 Å². The van der Waals surface area contributed by atoms with Crippen LogP contribution in [0.2, 0.25) is 0 Å². The van der Waals surface area contributed by atoms with Crippen LogP contribution in [-0.2, 0) is 23.9 Å². The van der Waals surface area contributed by atoms with Crippen LogP contribution in [0.3, 0.4) is 0 Å². The number of alkyl halides is 2. The fourth-order valence-corrected chi connectivity index (χ4v) is 4.95. The van der Waals surface area contributed by atoms with Crippen LogP contribution in [0.25, 0.3) is 0 Å². The Hall–Kier alpha value is -2.79. The van der Waals surface area contributed by atoms with Crippen LogP contribution in [0.5, 0.6) is 0 Å². The number of rotatable bonds is 10. The van der Waals surface area contributed by atoms with E-state index in [1.807, 2.05) is 0 Å². The van der Waals surface area contributed by atoms with E-state index in [2.05, 4.69) is 20.7 Å². The van der Waals surface area contributed by atoms with E-state index >= 15 is 0 Å². The second-order valence-electron chi connectivity index (χ2n) is 11.7. The van der Waals surface area contributed by atoms with Gasteiger partial charge in [0.15, 0.2) is 0 Å². The Morgan fingerprint density at radius 2 is 1.65 bits per heavy atom. The zero-order valence-corrected chi connectivity index (χ0v) is 22.1. The van der Waals surface area contributed by atoms with Crippen molar-refractivity contribution in [1.82, 2.24) is 20.9 Å². The third-order valence-electron chi connectivity index (χ3n) is 7.40. The van der Waals surface area contributed by atoms with Crippen molar-refractivity contribution >= 4 is 29.6 Å². The van der Waals surface area contributed by atoms with Gasteiger partial charge < -0.3 is 25.6 Å². The van der Waals surface area contributed by atoms with Gasteiger partial charge in [-0.15, -0.1) is 0 Å². The smallest absolute Gasteiger partial charge is 0.407 e. The number of hydrogen-bond donors (Lipinski definition) is 3. The lowest BCUT2D eigenvalue weighted by molar-refractivity contribution is -0.145. The maximum atomic E-state index is 13.6. The fourth-order valence-electron chi connectivity index (χ4n) is 4.95. The van der Waals surface area contributed by atoms with Gasteiger partial charge in [-0.3, -0.25) is 19.2 Å². The number of fused-ring (bicyclic) bond motifs is 1. The molecule has 0 unspecified atom stereocenters. The quantitative estimate of drug-likeness (QED) is 0.370. The molecule has 208 valence electrons. The van der Waals surface area contributed by atoms with E-state index in [9.17, 15) is 32.8 Å². The van der Waals surface area contributed by atoms with Crippen molar-refractivity contribution in [2.45, 2.75) is 96.3 Å². The van der Waals surface area contributed by atoms with Crippen LogP contribution >= 0.6 is 0 Å². The number of nitrogens with zero attached hydrogens (tertiary/aromatic N) is 1. The first-order valence-electron chi connectivity index (χ1n) is 12.8. The minimum Gasteiger partial charge on any atom is -0.453 e. The maximum absolute atomic E-state index is 13.6. The lowest BCUT2D eigenvalue weighted by Gasteiger charge is -2.36. The van der Waals surface area contributed by atoms with Crippen molar-refractivity contribution in [3.63, 3.8) is 0 Å². The number of nitrogens with one attached hydrogen (secondary N) is 3. The highest BCUT2D eigenvalue weighted by molar-refractivity contribution is 6.38. The number of carbonyl (C=O) groups excluding carboxylic acids is 5. The van der Waals surface area contributed by atoms with Crippen LogP contribution < -0.4 is 16.0 Å². The molecule has 3 rings (SSSR count). The number of halogens is 2. The Morgan fingerprint density at radius 3 is 2.14 bits per heavy atom. The van der Waals surface area contributed by atoms with E-state index in [-0.39, 0.29) is 17.9 Å². The van der Waals surface area contributed by atoms with Crippen LogP contribution in [0.4, 0.5) is 13.6 Å². The third-order valence-corrected chi connectivity index (χ3v) is 7.40. The number of methoxy groups -OCH3 is 1. The molecule has 1 heterocycles. The zero-order valence-electron chi connectivity index (χ0n) is 22.1. The van der Waals surface area contributed by atoms with Crippen LogP contribution in [0.15, 0.2) is 0 Å². The largest absolute Gasteiger partial charge is 0.453 e. The van der Waals surface area contributed by atoms with Gasteiger partial charge in [0.1, 0.15) is 12.1 Å². The summed E-state index contributed by atoms with van der Waals surface area (Å²) in [5, 5.41) is 7.61. The number of likely N-dealkylation sites (tertiary alicyclic amines) is 1. The fraction of sp³-hybridized carbons (Fsp3) is 0.800. The summed E-state index contributed by atoms with van der Waals surface area (Å²) in [7, 11) is 1.18. The molecular weight excluding hydrogens is 490 g/mol. The number of alkyl carbamates (subject to hydrolysis) is 1. The molecule has 3 N–H and O–H groups in total. The van der Waals surface area contributed by atoms with Gasteiger partial charge in [0.25, 0.3) is 5.91 Å². The molecule has 0 aromatic carbocycles. The minimum atomic E-state index is -3.09. The van der Waals surface area contributed by atoms with Gasteiger partial charge in [0, 0.05) is 19.0 Å². The van der Waals surface area contributed by atoms with Gasteiger partial charge in [-0.05, 0) is 56.3 Å². The SMILES string of the molecule is COC(=O)N[C@H](C(=O)N1C[C@H]2CC[C@H]2[C@@H]1C(=O)N[C@@H](CCC(C)(F)F)C(=O)C(=O)NC1CC1)C(C)(C)C. The predicted octanol–water partition coefficient (Wildman–Crippen LogP) is 1.76. The molecule has 2 saturated carbocycles. The highest BCUT2D eigenvalue weighted by atomic mass is 19.3. The number of amides is 4. The number of ether oxygens (including phenoxy) is 1. The van der Waals surface area contributed by atoms with E-state index in [0.717, 1.165) is 19.3 Å². The Bertz CT molecular complexity index is 927. The average Bonchev–Trinajstić information content (AvgIpc) is 3.55. The predicted molar refractivity (Wildman–Crippen MR) is 128 cm³/mol. The summed E-state index contributed by atoms with van der Waals surface area (Å²) in [6.45, 7) is 6.30. The highest BCUT2D eigenvalue weighted by Gasteiger charge is 2.54. The van der Waals surface area contributed by atoms with Crippen molar-refractivity contribution < 1.29 is 37.5 Å².